The first kappa shape index (κ1) is 21.3. The number of hydrogen-bond donors (Lipinski definition) is 2. The Kier molecular flexibility index (Phi) is 6.92. The van der Waals surface area contributed by atoms with Gasteiger partial charge >= 0.3 is 0 Å². The molecule has 0 unspecified atom stereocenters. The van der Waals surface area contributed by atoms with Crippen LogP contribution in [-0.4, -0.2) is 10.0 Å². The molecule has 0 aliphatic carbocycles. The Bertz CT molecular complexity index is 1080. The molecule has 0 spiro atoms. The maximum atomic E-state index is 11.3. The van der Waals surface area contributed by atoms with Crippen molar-refractivity contribution in [2.75, 3.05) is 10.6 Å². The first-order valence-corrected chi connectivity index (χ1v) is 10.0. The highest BCUT2D eigenvalue weighted by molar-refractivity contribution is 9.10. The molecule has 0 radical (unpaired) electrons. The topological polar surface area (TPSA) is 76.4 Å². The molecule has 0 fully saturated rings. The van der Waals surface area contributed by atoms with Crippen LogP contribution in [-0.2, 0) is 0 Å². The minimum Gasteiger partial charge on any atom is -0.457 e. The van der Waals surface area contributed by atoms with Crippen LogP contribution in [0.15, 0.2) is 65.1 Å². The van der Waals surface area contributed by atoms with Gasteiger partial charge in [0, 0.05) is 21.6 Å². The van der Waals surface area contributed by atoms with Crippen molar-refractivity contribution >= 4 is 73.5 Å². The van der Waals surface area contributed by atoms with Gasteiger partial charge in [-0.15, -0.1) is 0 Å². The van der Waals surface area contributed by atoms with Crippen molar-refractivity contribution in [3.05, 3.63) is 85.3 Å². The van der Waals surface area contributed by atoms with Gasteiger partial charge in [0.15, 0.2) is 5.11 Å². The van der Waals surface area contributed by atoms with E-state index in [1.165, 1.54) is 12.1 Å². The highest BCUT2D eigenvalue weighted by Crippen LogP contribution is 2.31. The van der Waals surface area contributed by atoms with E-state index >= 15 is 0 Å². The number of halogens is 3. The fraction of sp³-hybridized carbons (Fsp3) is 0. The Morgan fingerprint density at radius 1 is 1.00 bits per heavy atom. The number of nitro benzene ring substituents is 1. The third-order valence-electron chi connectivity index (χ3n) is 3.59. The van der Waals surface area contributed by atoms with Crippen LogP contribution < -0.4 is 15.4 Å². The Labute approximate surface area is 190 Å². The van der Waals surface area contributed by atoms with Crippen LogP contribution in [0.1, 0.15) is 0 Å². The zero-order valence-electron chi connectivity index (χ0n) is 14.5. The molecular formula is C19H12BrCl2N3O3S. The summed E-state index contributed by atoms with van der Waals surface area (Å²) < 4.78 is 6.53. The summed E-state index contributed by atoms with van der Waals surface area (Å²) in [7, 11) is 0. The summed E-state index contributed by atoms with van der Waals surface area (Å²) in [5.74, 6) is 0.761. The minimum absolute atomic E-state index is 0.150. The lowest BCUT2D eigenvalue weighted by Crippen LogP contribution is -2.19. The van der Waals surface area contributed by atoms with E-state index < -0.39 is 4.92 Å². The number of nitrogens with zero attached hydrogens (tertiary/aromatic N) is 1. The van der Waals surface area contributed by atoms with Gasteiger partial charge in [0.1, 0.15) is 11.5 Å². The van der Waals surface area contributed by atoms with E-state index in [1.54, 1.807) is 42.5 Å². The predicted octanol–water partition coefficient (Wildman–Crippen LogP) is 7.27. The van der Waals surface area contributed by atoms with Crippen molar-refractivity contribution in [1.29, 1.82) is 0 Å². The molecule has 3 rings (SSSR count). The average Bonchev–Trinajstić information content (AvgIpc) is 2.65. The second kappa shape index (κ2) is 9.41. The fourth-order valence-electron chi connectivity index (χ4n) is 2.33. The lowest BCUT2D eigenvalue weighted by molar-refractivity contribution is -0.384. The van der Waals surface area contributed by atoms with Crippen molar-refractivity contribution < 1.29 is 9.66 Å². The van der Waals surface area contributed by atoms with Crippen molar-refractivity contribution in [3.8, 4) is 11.5 Å². The number of nitrogens with one attached hydrogen (secondary N) is 2. The summed E-state index contributed by atoms with van der Waals surface area (Å²) in [6, 6.07) is 16.2. The highest BCUT2D eigenvalue weighted by Gasteiger charge is 2.13. The standard InChI is InChI=1S/C19H12BrCl2N3O3S/c20-11-1-6-18(17(22)7-11)24-19(29)23-13-8-14(25(26)27)10-16(9-13)28-15-4-2-12(21)3-5-15/h1-10H,(H2,23,24,29). The van der Waals surface area contributed by atoms with Crippen LogP contribution >= 0.6 is 51.3 Å². The van der Waals surface area contributed by atoms with Gasteiger partial charge in [-0.3, -0.25) is 10.1 Å². The zero-order chi connectivity index (χ0) is 21.0. The van der Waals surface area contributed by atoms with Crippen molar-refractivity contribution in [1.82, 2.24) is 0 Å². The van der Waals surface area contributed by atoms with Crippen molar-refractivity contribution in [3.63, 3.8) is 0 Å². The third-order valence-corrected chi connectivity index (χ3v) is 4.85. The molecule has 6 nitrogen and oxygen atoms in total. The van der Waals surface area contributed by atoms with Crippen molar-refractivity contribution in [2.24, 2.45) is 0 Å². The summed E-state index contributed by atoms with van der Waals surface area (Å²) in [5.41, 5.74) is 0.827. The third kappa shape index (κ3) is 6.04. The van der Waals surface area contributed by atoms with Crippen LogP contribution in [0.4, 0.5) is 17.1 Å². The largest absolute Gasteiger partial charge is 0.457 e. The predicted molar refractivity (Wildman–Crippen MR) is 124 cm³/mol. The maximum Gasteiger partial charge on any atom is 0.275 e. The smallest absolute Gasteiger partial charge is 0.275 e. The molecule has 3 aromatic rings. The number of non-ortho nitro benzene ring substituents is 1. The van der Waals surface area contributed by atoms with Crippen LogP contribution in [0.2, 0.25) is 10.0 Å². The minimum atomic E-state index is -0.512. The molecule has 0 atom stereocenters. The van der Waals surface area contributed by atoms with Gasteiger partial charge in [-0.25, -0.2) is 0 Å². The number of anilines is 2. The summed E-state index contributed by atoms with van der Waals surface area (Å²) in [5, 5.41) is 18.4. The number of nitro groups is 1. The Hall–Kier alpha value is -2.39. The summed E-state index contributed by atoms with van der Waals surface area (Å²) in [6.45, 7) is 0. The second-order valence-electron chi connectivity index (χ2n) is 5.73. The summed E-state index contributed by atoms with van der Waals surface area (Å²) >= 11 is 20.7. The molecule has 148 valence electrons. The quantitative estimate of drug-likeness (QED) is 0.213. The van der Waals surface area contributed by atoms with E-state index in [4.69, 9.17) is 40.2 Å². The molecule has 0 amide bonds. The van der Waals surface area contributed by atoms with Gasteiger partial charge in [-0.1, -0.05) is 39.1 Å². The molecule has 0 heterocycles. The molecule has 29 heavy (non-hydrogen) atoms. The molecule has 2 N–H and O–H groups in total. The number of hydrogen-bond acceptors (Lipinski definition) is 4. The first-order valence-electron chi connectivity index (χ1n) is 8.06. The summed E-state index contributed by atoms with van der Waals surface area (Å²) in [4.78, 5) is 10.8. The van der Waals surface area contributed by atoms with Crippen LogP contribution in [0.5, 0.6) is 11.5 Å². The van der Waals surface area contributed by atoms with Crippen LogP contribution in [0.25, 0.3) is 0 Å². The monoisotopic (exact) mass is 511 g/mol. The van der Waals surface area contributed by atoms with Crippen molar-refractivity contribution in [2.45, 2.75) is 0 Å². The number of benzene rings is 3. The zero-order valence-corrected chi connectivity index (χ0v) is 18.4. The van der Waals surface area contributed by atoms with E-state index in [1.807, 2.05) is 6.07 Å². The van der Waals surface area contributed by atoms with Gasteiger partial charge < -0.3 is 15.4 Å². The molecule has 0 aliphatic heterocycles. The molecule has 0 aliphatic rings. The molecule has 0 saturated heterocycles. The SMILES string of the molecule is O=[N+]([O-])c1cc(NC(=S)Nc2ccc(Br)cc2Cl)cc(Oc2ccc(Cl)cc2)c1. The lowest BCUT2D eigenvalue weighted by atomic mass is 10.2. The molecule has 10 heteroatoms. The van der Waals surface area contributed by atoms with Gasteiger partial charge in [-0.2, -0.15) is 0 Å². The molecule has 0 saturated carbocycles. The van der Waals surface area contributed by atoms with E-state index in [9.17, 15) is 10.1 Å². The molecule has 0 bridgehead atoms. The number of thiocarbonyl (C=S) groups is 1. The second-order valence-corrected chi connectivity index (χ2v) is 7.90. The molecule has 0 aromatic heterocycles. The fourth-order valence-corrected chi connectivity index (χ4v) is 3.41. The number of ether oxygens (including phenoxy) is 1. The molecular weight excluding hydrogens is 501 g/mol. The van der Waals surface area contributed by atoms with E-state index in [0.29, 0.717) is 27.2 Å². The molecule has 3 aromatic carbocycles. The lowest BCUT2D eigenvalue weighted by Gasteiger charge is -2.13. The first-order chi connectivity index (χ1) is 13.8. The van der Waals surface area contributed by atoms with Crippen LogP contribution in [0.3, 0.4) is 0 Å². The van der Waals surface area contributed by atoms with Gasteiger partial charge in [-0.05, 0) is 54.7 Å². The normalized spacial score (nSPS) is 10.3. The maximum absolute atomic E-state index is 11.3. The van der Waals surface area contributed by atoms with E-state index in [0.717, 1.165) is 4.47 Å². The summed E-state index contributed by atoms with van der Waals surface area (Å²) in [6.07, 6.45) is 0. The van der Waals surface area contributed by atoms with Crippen LogP contribution in [0, 0.1) is 10.1 Å². The van der Waals surface area contributed by atoms with Gasteiger partial charge in [0.2, 0.25) is 0 Å². The Morgan fingerprint density at radius 3 is 2.38 bits per heavy atom. The average molecular weight is 513 g/mol. The van der Waals surface area contributed by atoms with E-state index in [-0.39, 0.29) is 16.5 Å². The number of rotatable bonds is 5. The Balaban J connectivity index is 1.80. The van der Waals surface area contributed by atoms with E-state index in [2.05, 4.69) is 26.6 Å². The highest BCUT2D eigenvalue weighted by atomic mass is 79.9. The van der Waals surface area contributed by atoms with Gasteiger partial charge in [0.05, 0.1) is 27.4 Å². The van der Waals surface area contributed by atoms with Gasteiger partial charge in [0.25, 0.3) is 5.69 Å². The Morgan fingerprint density at radius 2 is 1.72 bits per heavy atom.